The van der Waals surface area contributed by atoms with Gasteiger partial charge < -0.3 is 23.8 Å². The second-order valence-corrected chi connectivity index (χ2v) is 11.3. The van der Waals surface area contributed by atoms with Crippen molar-refractivity contribution < 1.29 is 33.3 Å². The zero-order chi connectivity index (χ0) is 27.4. The maximum Gasteiger partial charge on any atom is 0.410 e. The molecular weight excluding hydrogens is 488 g/mol. The van der Waals surface area contributed by atoms with Gasteiger partial charge in [0, 0.05) is 32.2 Å². The Bertz CT molecular complexity index is 1060. The number of carbonyl (C=O) groups excluding carboxylic acids is 3. The number of ether oxygens (including phenoxy) is 4. The Morgan fingerprint density at radius 3 is 2.13 bits per heavy atom. The lowest BCUT2D eigenvalue weighted by molar-refractivity contribution is -0.102. The van der Waals surface area contributed by atoms with Gasteiger partial charge in [-0.1, -0.05) is 12.1 Å². The van der Waals surface area contributed by atoms with Crippen LogP contribution in [0.3, 0.4) is 0 Å². The van der Waals surface area contributed by atoms with Crippen LogP contribution in [0.1, 0.15) is 79.2 Å². The van der Waals surface area contributed by atoms with Crippen molar-refractivity contribution in [3.63, 3.8) is 0 Å². The molecule has 9 nitrogen and oxygen atoms in total. The summed E-state index contributed by atoms with van der Waals surface area (Å²) in [7, 11) is 2.59. The van der Waals surface area contributed by atoms with Crippen LogP contribution >= 0.6 is 0 Å². The SMILES string of the molecule is COC(=O)c1ccc(C2=CCN(C3CC(OC4CCN(C(=O)OC(C)(C)C)CC4)C3)CC2)cc1C(=O)OC. The number of rotatable bonds is 6. The molecule has 0 atom stereocenters. The standard InChI is InChI=1S/C29H40N2O7/c1-29(2,3)38-28(34)31-14-10-22(11-15-31)37-23-17-21(18-23)30-12-8-19(9-13-30)20-6-7-24(26(32)35-4)25(16-20)27(33)36-5/h6-8,16,21-23H,9-15,17-18H2,1-5H3. The van der Waals surface area contributed by atoms with Gasteiger partial charge in [-0.25, -0.2) is 14.4 Å². The van der Waals surface area contributed by atoms with E-state index in [0.29, 0.717) is 19.1 Å². The molecule has 4 rings (SSSR count). The molecule has 1 aromatic carbocycles. The van der Waals surface area contributed by atoms with Gasteiger partial charge >= 0.3 is 18.0 Å². The van der Waals surface area contributed by atoms with Gasteiger partial charge in [-0.3, -0.25) is 4.90 Å². The second-order valence-electron chi connectivity index (χ2n) is 11.3. The topological polar surface area (TPSA) is 94.6 Å². The summed E-state index contributed by atoms with van der Waals surface area (Å²) in [6.07, 6.45) is 7.05. The summed E-state index contributed by atoms with van der Waals surface area (Å²) in [6.45, 7) is 8.78. The Morgan fingerprint density at radius 2 is 1.55 bits per heavy atom. The van der Waals surface area contributed by atoms with Crippen LogP contribution in [0.5, 0.6) is 0 Å². The number of carbonyl (C=O) groups is 3. The van der Waals surface area contributed by atoms with Crippen LogP contribution in [0.15, 0.2) is 24.3 Å². The Balaban J connectivity index is 1.24. The monoisotopic (exact) mass is 528 g/mol. The molecule has 38 heavy (non-hydrogen) atoms. The van der Waals surface area contributed by atoms with E-state index in [9.17, 15) is 14.4 Å². The van der Waals surface area contributed by atoms with Gasteiger partial charge in [-0.15, -0.1) is 0 Å². The molecule has 0 radical (unpaired) electrons. The molecule has 9 heteroatoms. The largest absolute Gasteiger partial charge is 0.465 e. The number of methoxy groups -OCH3 is 2. The smallest absolute Gasteiger partial charge is 0.410 e. The maximum atomic E-state index is 12.3. The molecular formula is C29H40N2O7. The highest BCUT2D eigenvalue weighted by atomic mass is 16.6. The van der Waals surface area contributed by atoms with Crippen LogP contribution in [0.2, 0.25) is 0 Å². The normalized spacial score (nSPS) is 22.8. The summed E-state index contributed by atoms with van der Waals surface area (Å²) in [4.78, 5) is 40.8. The summed E-state index contributed by atoms with van der Waals surface area (Å²) in [6, 6.07) is 5.72. The van der Waals surface area contributed by atoms with Crippen molar-refractivity contribution in [2.75, 3.05) is 40.4 Å². The lowest BCUT2D eigenvalue weighted by Crippen LogP contribution is -2.51. The third-order valence-corrected chi connectivity index (χ3v) is 7.51. The molecule has 1 saturated carbocycles. The van der Waals surface area contributed by atoms with Crippen molar-refractivity contribution >= 4 is 23.6 Å². The molecule has 2 aliphatic heterocycles. The zero-order valence-corrected chi connectivity index (χ0v) is 23.2. The number of benzene rings is 1. The summed E-state index contributed by atoms with van der Waals surface area (Å²) >= 11 is 0. The highest BCUT2D eigenvalue weighted by Gasteiger charge is 2.37. The third kappa shape index (κ3) is 6.74. The lowest BCUT2D eigenvalue weighted by Gasteiger charge is -2.45. The molecule has 1 aliphatic carbocycles. The minimum atomic E-state index is -0.559. The van der Waals surface area contributed by atoms with Crippen molar-refractivity contribution in [2.45, 2.75) is 76.7 Å². The Morgan fingerprint density at radius 1 is 0.895 bits per heavy atom. The van der Waals surface area contributed by atoms with Crippen LogP contribution < -0.4 is 0 Å². The van der Waals surface area contributed by atoms with Crippen molar-refractivity contribution in [3.8, 4) is 0 Å². The quantitative estimate of drug-likeness (QED) is 0.399. The van der Waals surface area contributed by atoms with E-state index in [-0.39, 0.29) is 29.4 Å². The fourth-order valence-corrected chi connectivity index (χ4v) is 5.31. The molecule has 1 aromatic rings. The molecule has 208 valence electrons. The van der Waals surface area contributed by atoms with E-state index in [1.165, 1.54) is 14.2 Å². The van der Waals surface area contributed by atoms with Crippen molar-refractivity contribution in [2.24, 2.45) is 0 Å². The first kappa shape index (κ1) is 28.1. The van der Waals surface area contributed by atoms with Crippen LogP contribution in [0.25, 0.3) is 5.57 Å². The fourth-order valence-electron chi connectivity index (χ4n) is 5.31. The molecule has 1 saturated heterocycles. The third-order valence-electron chi connectivity index (χ3n) is 7.51. The van der Waals surface area contributed by atoms with Crippen LogP contribution in [0.4, 0.5) is 4.79 Å². The summed E-state index contributed by atoms with van der Waals surface area (Å²) in [5.74, 6) is -1.11. The van der Waals surface area contributed by atoms with E-state index in [1.807, 2.05) is 26.8 Å². The Labute approximate surface area is 225 Å². The molecule has 0 spiro atoms. The van der Waals surface area contributed by atoms with E-state index < -0.39 is 17.5 Å². The second kappa shape index (κ2) is 11.9. The number of likely N-dealkylation sites (tertiary alicyclic amines) is 1. The summed E-state index contributed by atoms with van der Waals surface area (Å²) in [5, 5.41) is 0. The van der Waals surface area contributed by atoms with Gasteiger partial charge in [0.05, 0.1) is 37.6 Å². The summed E-state index contributed by atoms with van der Waals surface area (Å²) in [5.41, 5.74) is 2.03. The Kier molecular flexibility index (Phi) is 8.78. The lowest BCUT2D eigenvalue weighted by atomic mass is 9.85. The number of hydrogen-bond donors (Lipinski definition) is 0. The number of hydrogen-bond acceptors (Lipinski definition) is 8. The van der Waals surface area contributed by atoms with Gasteiger partial charge in [0.25, 0.3) is 0 Å². The first-order valence-electron chi connectivity index (χ1n) is 13.5. The molecule has 1 amide bonds. The molecule has 0 unspecified atom stereocenters. The van der Waals surface area contributed by atoms with Crippen molar-refractivity contribution in [1.29, 1.82) is 0 Å². The van der Waals surface area contributed by atoms with Crippen LogP contribution in [-0.4, -0.2) is 92.1 Å². The van der Waals surface area contributed by atoms with Crippen LogP contribution in [0, 0.1) is 0 Å². The molecule has 3 aliphatic rings. The van der Waals surface area contributed by atoms with Crippen LogP contribution in [-0.2, 0) is 18.9 Å². The number of nitrogens with zero attached hydrogens (tertiary/aromatic N) is 2. The predicted octanol–water partition coefficient (Wildman–Crippen LogP) is 4.30. The predicted molar refractivity (Wildman–Crippen MR) is 142 cm³/mol. The fraction of sp³-hybridized carbons (Fsp3) is 0.621. The number of amides is 1. The molecule has 2 heterocycles. The van der Waals surface area contributed by atoms with E-state index in [4.69, 9.17) is 18.9 Å². The highest BCUT2D eigenvalue weighted by molar-refractivity contribution is 6.03. The van der Waals surface area contributed by atoms with E-state index >= 15 is 0 Å². The van der Waals surface area contributed by atoms with Crippen molar-refractivity contribution in [3.05, 3.63) is 41.0 Å². The average molecular weight is 529 g/mol. The number of piperidine rings is 1. The average Bonchev–Trinajstić information content (AvgIpc) is 2.88. The summed E-state index contributed by atoms with van der Waals surface area (Å²) < 4.78 is 21.5. The maximum absolute atomic E-state index is 12.3. The van der Waals surface area contributed by atoms with E-state index in [0.717, 1.165) is 56.3 Å². The highest BCUT2D eigenvalue weighted by Crippen LogP contribution is 2.34. The van der Waals surface area contributed by atoms with Gasteiger partial charge in [0.1, 0.15) is 5.60 Å². The zero-order valence-electron chi connectivity index (χ0n) is 23.2. The Hall–Kier alpha value is -2.91. The first-order chi connectivity index (χ1) is 18.1. The van der Waals surface area contributed by atoms with Gasteiger partial charge in [-0.2, -0.15) is 0 Å². The van der Waals surface area contributed by atoms with Gasteiger partial charge in [0.2, 0.25) is 0 Å². The first-order valence-corrected chi connectivity index (χ1v) is 13.5. The minimum absolute atomic E-state index is 0.199. The van der Waals surface area contributed by atoms with Gasteiger partial charge in [-0.05, 0) is 76.1 Å². The minimum Gasteiger partial charge on any atom is -0.465 e. The van der Waals surface area contributed by atoms with E-state index in [2.05, 4.69) is 11.0 Å². The van der Waals surface area contributed by atoms with Gasteiger partial charge in [0.15, 0.2) is 0 Å². The molecule has 0 N–H and O–H groups in total. The molecule has 2 fully saturated rings. The molecule has 0 aromatic heterocycles. The molecule has 0 bridgehead atoms. The number of esters is 2. The van der Waals surface area contributed by atoms with E-state index in [1.54, 1.807) is 17.0 Å². The van der Waals surface area contributed by atoms with Crippen molar-refractivity contribution in [1.82, 2.24) is 9.80 Å².